The maximum atomic E-state index is 12.5. The molecule has 2 aromatic rings. The largest absolute Gasteiger partial charge is 0.482 e. The van der Waals surface area contributed by atoms with Crippen LogP contribution in [0.15, 0.2) is 40.8 Å². The molecule has 0 saturated carbocycles. The summed E-state index contributed by atoms with van der Waals surface area (Å²) in [6, 6.07) is 10.9. The molecule has 0 fully saturated rings. The third-order valence-corrected chi connectivity index (χ3v) is 5.39. The Labute approximate surface area is 178 Å². The lowest BCUT2D eigenvalue weighted by atomic mass is 10.1. The van der Waals surface area contributed by atoms with Gasteiger partial charge in [-0.2, -0.15) is 0 Å². The van der Waals surface area contributed by atoms with E-state index in [2.05, 4.69) is 24.1 Å². The lowest BCUT2D eigenvalue weighted by Crippen LogP contribution is -2.38. The summed E-state index contributed by atoms with van der Waals surface area (Å²) < 4.78 is 11.2. The van der Waals surface area contributed by atoms with Gasteiger partial charge in [0.2, 0.25) is 0 Å². The number of hydrogen-bond acceptors (Lipinski definition) is 5. The van der Waals surface area contributed by atoms with Crippen molar-refractivity contribution in [2.45, 2.75) is 46.2 Å². The van der Waals surface area contributed by atoms with Crippen molar-refractivity contribution >= 4 is 17.5 Å². The molecule has 1 aromatic carbocycles. The molecule has 0 aliphatic carbocycles. The number of ether oxygens (including phenoxy) is 1. The van der Waals surface area contributed by atoms with Crippen molar-refractivity contribution in [2.75, 3.05) is 31.1 Å². The Morgan fingerprint density at radius 1 is 1.20 bits per heavy atom. The number of para-hydroxylation sites is 2. The van der Waals surface area contributed by atoms with E-state index in [4.69, 9.17) is 9.15 Å². The minimum absolute atomic E-state index is 0.00390. The molecule has 0 bridgehead atoms. The summed E-state index contributed by atoms with van der Waals surface area (Å²) in [6.07, 6.45) is 1.94. The van der Waals surface area contributed by atoms with Gasteiger partial charge in [0.15, 0.2) is 12.4 Å². The molecule has 7 heteroatoms. The molecular weight excluding hydrogens is 382 g/mol. The summed E-state index contributed by atoms with van der Waals surface area (Å²) in [7, 11) is 0. The SMILES string of the molecule is CCN(CC)CCCC(C)NC(=O)c1ccc(CN2C(=O)COc3ccccc32)o1. The van der Waals surface area contributed by atoms with E-state index in [0.717, 1.165) is 32.5 Å². The highest BCUT2D eigenvalue weighted by molar-refractivity contribution is 5.97. The predicted molar refractivity (Wildman–Crippen MR) is 116 cm³/mol. The number of anilines is 1. The standard InChI is InChI=1S/C23H31N3O4/c1-4-25(5-2)14-8-9-17(3)24-23(28)21-13-12-18(30-21)15-26-19-10-6-7-11-20(19)29-16-22(26)27/h6-7,10-13,17H,4-5,8-9,14-16H2,1-3H3,(H,24,28). The Morgan fingerprint density at radius 3 is 2.73 bits per heavy atom. The number of furan rings is 1. The molecule has 0 radical (unpaired) electrons. The molecule has 3 rings (SSSR count). The molecule has 2 heterocycles. The fourth-order valence-electron chi connectivity index (χ4n) is 3.60. The van der Waals surface area contributed by atoms with Crippen LogP contribution < -0.4 is 15.0 Å². The average molecular weight is 414 g/mol. The van der Waals surface area contributed by atoms with E-state index in [1.54, 1.807) is 17.0 Å². The number of nitrogens with zero attached hydrogens (tertiary/aromatic N) is 2. The van der Waals surface area contributed by atoms with Crippen LogP contribution in [0.5, 0.6) is 5.75 Å². The third kappa shape index (κ3) is 5.42. The molecule has 2 amide bonds. The first kappa shape index (κ1) is 21.9. The van der Waals surface area contributed by atoms with E-state index < -0.39 is 0 Å². The monoisotopic (exact) mass is 413 g/mol. The summed E-state index contributed by atoms with van der Waals surface area (Å²) in [5, 5.41) is 3.00. The molecule has 1 N–H and O–H groups in total. The summed E-state index contributed by atoms with van der Waals surface area (Å²) in [5.41, 5.74) is 0.706. The molecule has 1 aromatic heterocycles. The van der Waals surface area contributed by atoms with Gasteiger partial charge >= 0.3 is 0 Å². The minimum Gasteiger partial charge on any atom is -0.482 e. The van der Waals surface area contributed by atoms with Crippen molar-refractivity contribution in [2.24, 2.45) is 0 Å². The van der Waals surface area contributed by atoms with Crippen LogP contribution in [0, 0.1) is 0 Å². The molecule has 162 valence electrons. The molecule has 1 atom stereocenters. The van der Waals surface area contributed by atoms with Crippen LogP contribution in [0.2, 0.25) is 0 Å². The number of fused-ring (bicyclic) bond motifs is 1. The van der Waals surface area contributed by atoms with Crippen LogP contribution in [-0.4, -0.2) is 49.0 Å². The van der Waals surface area contributed by atoms with Crippen LogP contribution in [0.1, 0.15) is 49.9 Å². The zero-order valence-electron chi connectivity index (χ0n) is 18.0. The number of benzene rings is 1. The molecule has 30 heavy (non-hydrogen) atoms. The van der Waals surface area contributed by atoms with E-state index >= 15 is 0 Å². The van der Waals surface area contributed by atoms with Crippen LogP contribution >= 0.6 is 0 Å². The van der Waals surface area contributed by atoms with Crippen molar-refractivity contribution in [1.82, 2.24) is 10.2 Å². The van der Waals surface area contributed by atoms with Crippen molar-refractivity contribution in [3.8, 4) is 5.75 Å². The summed E-state index contributed by atoms with van der Waals surface area (Å²) >= 11 is 0. The number of hydrogen-bond donors (Lipinski definition) is 1. The Bertz CT molecular complexity index is 860. The van der Waals surface area contributed by atoms with Crippen molar-refractivity contribution in [1.29, 1.82) is 0 Å². The van der Waals surface area contributed by atoms with Crippen molar-refractivity contribution in [3.05, 3.63) is 47.9 Å². The second-order valence-electron chi connectivity index (χ2n) is 7.55. The average Bonchev–Trinajstić information content (AvgIpc) is 3.22. The van der Waals surface area contributed by atoms with Gasteiger partial charge in [0.25, 0.3) is 11.8 Å². The Kier molecular flexibility index (Phi) is 7.52. The maximum absolute atomic E-state index is 12.5. The quantitative estimate of drug-likeness (QED) is 0.646. The fraction of sp³-hybridized carbons (Fsp3) is 0.478. The lowest BCUT2D eigenvalue weighted by molar-refractivity contribution is -0.121. The first-order valence-corrected chi connectivity index (χ1v) is 10.7. The summed E-state index contributed by atoms with van der Waals surface area (Å²) in [6.45, 7) is 9.70. The van der Waals surface area contributed by atoms with Gasteiger partial charge in [-0.15, -0.1) is 0 Å². The lowest BCUT2D eigenvalue weighted by Gasteiger charge is -2.28. The smallest absolute Gasteiger partial charge is 0.287 e. The first-order chi connectivity index (χ1) is 14.5. The Hall–Kier alpha value is -2.80. The van der Waals surface area contributed by atoms with Crippen LogP contribution in [0.3, 0.4) is 0 Å². The fourth-order valence-corrected chi connectivity index (χ4v) is 3.60. The molecular formula is C23H31N3O4. The van der Waals surface area contributed by atoms with Gasteiger partial charge in [-0.1, -0.05) is 26.0 Å². The van der Waals surface area contributed by atoms with Gasteiger partial charge < -0.3 is 19.4 Å². The highest BCUT2D eigenvalue weighted by atomic mass is 16.5. The summed E-state index contributed by atoms with van der Waals surface area (Å²) in [5.74, 6) is 1.11. The van der Waals surface area contributed by atoms with Gasteiger partial charge in [0.1, 0.15) is 11.5 Å². The summed E-state index contributed by atoms with van der Waals surface area (Å²) in [4.78, 5) is 28.8. The second-order valence-corrected chi connectivity index (χ2v) is 7.55. The predicted octanol–water partition coefficient (Wildman–Crippen LogP) is 3.45. The zero-order chi connectivity index (χ0) is 21.5. The van der Waals surface area contributed by atoms with E-state index in [1.807, 2.05) is 31.2 Å². The Balaban J connectivity index is 1.55. The van der Waals surface area contributed by atoms with Gasteiger partial charge in [-0.3, -0.25) is 14.5 Å². The normalized spacial score (nSPS) is 14.4. The van der Waals surface area contributed by atoms with Gasteiger partial charge in [0, 0.05) is 6.04 Å². The van der Waals surface area contributed by atoms with E-state index in [-0.39, 0.29) is 36.8 Å². The maximum Gasteiger partial charge on any atom is 0.287 e. The number of rotatable bonds is 10. The first-order valence-electron chi connectivity index (χ1n) is 10.7. The van der Waals surface area contributed by atoms with Gasteiger partial charge in [-0.05, 0) is 63.7 Å². The van der Waals surface area contributed by atoms with E-state index in [9.17, 15) is 9.59 Å². The Morgan fingerprint density at radius 2 is 1.97 bits per heavy atom. The van der Waals surface area contributed by atoms with Crippen LogP contribution in [0.25, 0.3) is 0 Å². The number of amides is 2. The molecule has 1 aliphatic rings. The molecule has 0 spiro atoms. The third-order valence-electron chi connectivity index (χ3n) is 5.39. The zero-order valence-corrected chi connectivity index (χ0v) is 18.0. The molecule has 0 saturated heterocycles. The van der Waals surface area contributed by atoms with Crippen LogP contribution in [-0.2, 0) is 11.3 Å². The van der Waals surface area contributed by atoms with Crippen molar-refractivity contribution < 1.29 is 18.7 Å². The van der Waals surface area contributed by atoms with Crippen molar-refractivity contribution in [3.63, 3.8) is 0 Å². The number of nitrogens with one attached hydrogen (secondary N) is 1. The molecule has 1 aliphatic heterocycles. The topological polar surface area (TPSA) is 75.0 Å². The minimum atomic E-state index is -0.231. The number of carbonyl (C=O) groups is 2. The van der Waals surface area contributed by atoms with Crippen LogP contribution in [0.4, 0.5) is 5.69 Å². The highest BCUT2D eigenvalue weighted by Gasteiger charge is 2.26. The number of carbonyl (C=O) groups excluding carboxylic acids is 2. The highest BCUT2D eigenvalue weighted by Crippen LogP contribution is 2.32. The van der Waals surface area contributed by atoms with Gasteiger partial charge in [-0.25, -0.2) is 0 Å². The van der Waals surface area contributed by atoms with E-state index in [1.165, 1.54) is 0 Å². The molecule has 7 nitrogen and oxygen atoms in total. The van der Waals surface area contributed by atoms with Gasteiger partial charge in [0.05, 0.1) is 12.2 Å². The van der Waals surface area contributed by atoms with E-state index in [0.29, 0.717) is 17.2 Å². The molecule has 1 unspecified atom stereocenters. The second kappa shape index (κ2) is 10.3.